The van der Waals surface area contributed by atoms with Crippen LogP contribution in [0.15, 0.2) is 12.2 Å². The number of likely N-dealkylation sites (tertiary alicyclic amines) is 1. The van der Waals surface area contributed by atoms with Crippen LogP contribution in [0.25, 0.3) is 0 Å². The first-order chi connectivity index (χ1) is 8.74. The highest BCUT2D eigenvalue weighted by molar-refractivity contribution is 5.93. The molecule has 2 heterocycles. The van der Waals surface area contributed by atoms with E-state index in [1.54, 1.807) is 11.0 Å². The fourth-order valence-electron chi connectivity index (χ4n) is 2.52. The molecule has 0 radical (unpaired) electrons. The summed E-state index contributed by atoms with van der Waals surface area (Å²) in [7, 11) is 0. The molecule has 0 saturated carbocycles. The van der Waals surface area contributed by atoms with E-state index in [0.717, 1.165) is 12.8 Å². The lowest BCUT2D eigenvalue weighted by molar-refractivity contribution is -0.144. The maximum Gasteiger partial charge on any atom is 0.246 e. The van der Waals surface area contributed by atoms with Crippen molar-refractivity contribution in [2.24, 2.45) is 0 Å². The predicted molar refractivity (Wildman–Crippen MR) is 66.9 cm³/mol. The number of morpholine rings is 1. The Balaban J connectivity index is 2.01. The van der Waals surface area contributed by atoms with Gasteiger partial charge in [-0.25, -0.2) is 0 Å². The second kappa shape index (κ2) is 6.00. The number of hydrogen-bond donors (Lipinski definition) is 0. The minimum absolute atomic E-state index is 0.0541. The lowest BCUT2D eigenvalue weighted by Crippen LogP contribution is -2.50. The summed E-state index contributed by atoms with van der Waals surface area (Å²) < 4.78 is 5.24. The summed E-state index contributed by atoms with van der Waals surface area (Å²) in [6.07, 6.45) is 4.94. The quantitative estimate of drug-likeness (QED) is 0.669. The number of carbonyl (C=O) groups is 2. The third-order valence-electron chi connectivity index (χ3n) is 3.45. The van der Waals surface area contributed by atoms with Crippen LogP contribution in [-0.4, -0.2) is 60.5 Å². The molecule has 2 fully saturated rings. The molecular weight excluding hydrogens is 232 g/mol. The zero-order chi connectivity index (χ0) is 13.0. The van der Waals surface area contributed by atoms with Crippen LogP contribution < -0.4 is 0 Å². The molecule has 0 aromatic carbocycles. The molecule has 1 unspecified atom stereocenters. The summed E-state index contributed by atoms with van der Waals surface area (Å²) >= 11 is 0. The van der Waals surface area contributed by atoms with E-state index in [2.05, 4.69) is 0 Å². The highest BCUT2D eigenvalue weighted by Gasteiger charge is 2.35. The second-order valence-electron chi connectivity index (χ2n) is 4.63. The molecule has 2 saturated heterocycles. The van der Waals surface area contributed by atoms with Crippen LogP contribution in [0.5, 0.6) is 0 Å². The van der Waals surface area contributed by atoms with Gasteiger partial charge >= 0.3 is 0 Å². The SMILES string of the molecule is CC=CC(=O)N1CCCC1C(=O)N1CCOCC1. The van der Waals surface area contributed by atoms with Crippen LogP contribution in [0.1, 0.15) is 19.8 Å². The number of ether oxygens (including phenoxy) is 1. The fourth-order valence-corrected chi connectivity index (χ4v) is 2.52. The minimum Gasteiger partial charge on any atom is -0.378 e. The maximum atomic E-state index is 12.4. The molecule has 100 valence electrons. The largest absolute Gasteiger partial charge is 0.378 e. The molecule has 2 rings (SSSR count). The van der Waals surface area contributed by atoms with Gasteiger partial charge in [-0.1, -0.05) is 6.08 Å². The van der Waals surface area contributed by atoms with Crippen molar-refractivity contribution in [3.8, 4) is 0 Å². The number of allylic oxidation sites excluding steroid dienone is 1. The Morgan fingerprint density at radius 3 is 2.61 bits per heavy atom. The summed E-state index contributed by atoms with van der Waals surface area (Å²) in [6.45, 7) is 4.97. The van der Waals surface area contributed by atoms with Crippen LogP contribution in [0, 0.1) is 0 Å². The van der Waals surface area contributed by atoms with E-state index in [9.17, 15) is 9.59 Å². The normalized spacial score (nSPS) is 24.8. The number of nitrogens with zero attached hydrogens (tertiary/aromatic N) is 2. The van der Waals surface area contributed by atoms with Crippen molar-refractivity contribution in [3.05, 3.63) is 12.2 Å². The van der Waals surface area contributed by atoms with Gasteiger partial charge in [0, 0.05) is 19.6 Å². The van der Waals surface area contributed by atoms with E-state index >= 15 is 0 Å². The van der Waals surface area contributed by atoms with Crippen LogP contribution in [0.2, 0.25) is 0 Å². The number of hydrogen-bond acceptors (Lipinski definition) is 3. The van der Waals surface area contributed by atoms with Gasteiger partial charge in [0.15, 0.2) is 0 Å². The summed E-state index contributed by atoms with van der Waals surface area (Å²) in [4.78, 5) is 27.8. The second-order valence-corrected chi connectivity index (χ2v) is 4.63. The number of amides is 2. The molecule has 0 aliphatic carbocycles. The van der Waals surface area contributed by atoms with Gasteiger partial charge in [0.2, 0.25) is 11.8 Å². The van der Waals surface area contributed by atoms with Crippen molar-refractivity contribution in [1.82, 2.24) is 9.80 Å². The van der Waals surface area contributed by atoms with E-state index in [0.29, 0.717) is 32.8 Å². The molecule has 1 atom stereocenters. The van der Waals surface area contributed by atoms with Gasteiger partial charge < -0.3 is 14.5 Å². The Kier molecular flexibility index (Phi) is 4.36. The van der Waals surface area contributed by atoms with Gasteiger partial charge in [-0.2, -0.15) is 0 Å². The van der Waals surface area contributed by atoms with E-state index in [4.69, 9.17) is 4.74 Å². The lowest BCUT2D eigenvalue weighted by atomic mass is 10.2. The number of carbonyl (C=O) groups excluding carboxylic acids is 2. The molecule has 5 nitrogen and oxygen atoms in total. The van der Waals surface area contributed by atoms with Crippen molar-refractivity contribution in [3.63, 3.8) is 0 Å². The van der Waals surface area contributed by atoms with E-state index in [1.165, 1.54) is 6.08 Å². The molecule has 2 aliphatic rings. The van der Waals surface area contributed by atoms with Crippen molar-refractivity contribution >= 4 is 11.8 Å². The minimum atomic E-state index is -0.271. The summed E-state index contributed by atoms with van der Waals surface area (Å²) in [6, 6.07) is -0.271. The number of rotatable bonds is 2. The smallest absolute Gasteiger partial charge is 0.246 e. The highest BCUT2D eigenvalue weighted by atomic mass is 16.5. The monoisotopic (exact) mass is 252 g/mol. The predicted octanol–water partition coefficient (Wildman–Crippen LogP) is 0.412. The Morgan fingerprint density at radius 2 is 1.94 bits per heavy atom. The third kappa shape index (κ3) is 2.72. The van der Waals surface area contributed by atoms with Crippen molar-refractivity contribution in [1.29, 1.82) is 0 Å². The molecule has 0 N–H and O–H groups in total. The molecule has 0 aromatic heterocycles. The molecule has 5 heteroatoms. The van der Waals surface area contributed by atoms with E-state index < -0.39 is 0 Å². The van der Waals surface area contributed by atoms with Crippen LogP contribution >= 0.6 is 0 Å². The first-order valence-corrected chi connectivity index (χ1v) is 6.54. The maximum absolute atomic E-state index is 12.4. The van der Waals surface area contributed by atoms with Gasteiger partial charge in [-0.3, -0.25) is 9.59 Å². The Labute approximate surface area is 107 Å². The molecule has 2 aliphatic heterocycles. The summed E-state index contributed by atoms with van der Waals surface area (Å²) in [5.41, 5.74) is 0. The van der Waals surface area contributed by atoms with Crippen LogP contribution in [0.3, 0.4) is 0 Å². The average molecular weight is 252 g/mol. The van der Waals surface area contributed by atoms with Gasteiger partial charge in [0.05, 0.1) is 13.2 Å². The Bertz CT molecular complexity index is 348. The van der Waals surface area contributed by atoms with Crippen LogP contribution in [0.4, 0.5) is 0 Å². The van der Waals surface area contributed by atoms with Gasteiger partial charge in [0.25, 0.3) is 0 Å². The standard InChI is InChI=1S/C13H20N2O3/c1-2-4-12(16)15-6-3-5-11(15)13(17)14-7-9-18-10-8-14/h2,4,11H,3,5-10H2,1H3. The molecule has 18 heavy (non-hydrogen) atoms. The zero-order valence-corrected chi connectivity index (χ0v) is 10.8. The molecule has 0 aromatic rings. The Morgan fingerprint density at radius 1 is 1.22 bits per heavy atom. The topological polar surface area (TPSA) is 49.9 Å². The molecular formula is C13H20N2O3. The van der Waals surface area contributed by atoms with E-state index in [1.807, 2.05) is 11.8 Å². The summed E-state index contributed by atoms with van der Waals surface area (Å²) in [5, 5.41) is 0. The van der Waals surface area contributed by atoms with Crippen molar-refractivity contribution in [2.75, 3.05) is 32.8 Å². The molecule has 0 bridgehead atoms. The lowest BCUT2D eigenvalue weighted by Gasteiger charge is -2.32. The van der Waals surface area contributed by atoms with Gasteiger partial charge in [-0.15, -0.1) is 0 Å². The van der Waals surface area contributed by atoms with Gasteiger partial charge in [-0.05, 0) is 25.8 Å². The fraction of sp³-hybridized carbons (Fsp3) is 0.692. The van der Waals surface area contributed by atoms with E-state index in [-0.39, 0.29) is 17.9 Å². The molecule has 2 amide bonds. The molecule has 0 spiro atoms. The van der Waals surface area contributed by atoms with Crippen LogP contribution in [-0.2, 0) is 14.3 Å². The summed E-state index contributed by atoms with van der Waals surface area (Å²) in [5.74, 6) is 0.0234. The highest BCUT2D eigenvalue weighted by Crippen LogP contribution is 2.20. The average Bonchev–Trinajstić information content (AvgIpc) is 2.88. The van der Waals surface area contributed by atoms with Crippen molar-refractivity contribution < 1.29 is 14.3 Å². The van der Waals surface area contributed by atoms with Crippen molar-refractivity contribution in [2.45, 2.75) is 25.8 Å². The zero-order valence-electron chi connectivity index (χ0n) is 10.8. The first-order valence-electron chi connectivity index (χ1n) is 6.54. The van der Waals surface area contributed by atoms with Gasteiger partial charge in [0.1, 0.15) is 6.04 Å². The third-order valence-corrected chi connectivity index (χ3v) is 3.45. The Hall–Kier alpha value is -1.36. The first kappa shape index (κ1) is 13.1.